The van der Waals surface area contributed by atoms with Crippen molar-refractivity contribution in [3.05, 3.63) is 0 Å². The fourth-order valence-electron chi connectivity index (χ4n) is 0. The van der Waals surface area contributed by atoms with Crippen molar-refractivity contribution in [2.24, 2.45) is 0 Å². The molecule has 0 rings (SSSR count). The maximum Gasteiger partial charge on any atom is 2.00 e. The fraction of sp³-hybridized carbons (Fsp3) is 0. The maximum absolute atomic E-state index is 8.86. The molecule has 0 fully saturated rings. The third-order valence-corrected chi connectivity index (χ3v) is 0. The summed E-state index contributed by atoms with van der Waals surface area (Å²) >= 11 is 2.88. The molecule has 0 aliphatic carbocycles. The monoisotopic (exact) mass is 237 g/mol. The summed E-state index contributed by atoms with van der Waals surface area (Å²) in [6, 6.07) is 0. The molecule has 1 atom stereocenters. The van der Waals surface area contributed by atoms with Gasteiger partial charge < -0.3 is 7.41 Å². The average Bonchev–Trinajstić information content (AvgIpc) is 0.811. The molecule has 0 aliphatic rings. The maximum atomic E-state index is 8.86. The van der Waals surface area contributed by atoms with Gasteiger partial charge in [-0.15, -0.1) is 0 Å². The van der Waals surface area contributed by atoms with Crippen LogP contribution in [0.15, 0.2) is 0 Å². The Morgan fingerprint density at radius 3 is 2.00 bits per heavy atom. The molecule has 0 aromatic rings. The topological polar surface area (TPSA) is 40.1 Å². The SMILES string of the molecule is O=S([O-])S.[Ba+2].[H-].[H-]. The van der Waals surface area contributed by atoms with Crippen LogP contribution in [0.1, 0.15) is 2.85 Å². The molecule has 0 heterocycles. The summed E-state index contributed by atoms with van der Waals surface area (Å²) in [6.45, 7) is 0. The van der Waals surface area contributed by atoms with Crippen molar-refractivity contribution in [1.82, 2.24) is 0 Å². The van der Waals surface area contributed by atoms with Gasteiger partial charge in [-0.1, -0.05) is 11.7 Å². The van der Waals surface area contributed by atoms with Crippen LogP contribution in [0, 0.1) is 0 Å². The van der Waals surface area contributed by atoms with E-state index in [9.17, 15) is 0 Å². The zero-order valence-corrected chi connectivity index (χ0v) is 8.53. The Morgan fingerprint density at radius 1 is 2.00 bits per heavy atom. The molecule has 0 saturated carbocycles. The first-order valence-electron chi connectivity index (χ1n) is 0.516. The summed E-state index contributed by atoms with van der Waals surface area (Å²) in [4.78, 5) is 0. The standard InChI is InChI=1S/Ba.H2O2S2.2H/c;1-4(2)3;;/h;(H2,1,2,3);;/q+2;;2*-1/p-1. The van der Waals surface area contributed by atoms with E-state index in [-0.39, 0.29) is 51.7 Å². The van der Waals surface area contributed by atoms with Crippen LogP contribution in [0.2, 0.25) is 0 Å². The third kappa shape index (κ3) is 23.8. The molecule has 0 radical (unpaired) electrons. The van der Waals surface area contributed by atoms with Crippen LogP contribution < -0.4 is 0 Å². The Kier molecular flexibility index (Phi) is 12.2. The number of hydrogen-bond acceptors (Lipinski definition) is 2. The number of thiol groups is 1. The summed E-state index contributed by atoms with van der Waals surface area (Å²) in [6.07, 6.45) is 0. The Balaban J connectivity index is -0.0000000150. The van der Waals surface area contributed by atoms with Gasteiger partial charge in [-0.05, 0) is 0 Å². The zero-order chi connectivity index (χ0) is 3.58. The van der Waals surface area contributed by atoms with Gasteiger partial charge in [-0.2, -0.15) is 0 Å². The molecule has 0 spiro atoms. The van der Waals surface area contributed by atoms with Gasteiger partial charge >= 0.3 is 48.9 Å². The van der Waals surface area contributed by atoms with Crippen LogP contribution in [0.25, 0.3) is 0 Å². The van der Waals surface area contributed by atoms with Gasteiger partial charge in [0.1, 0.15) is 0 Å². The summed E-state index contributed by atoms with van der Waals surface area (Å²) in [5.74, 6) is 0. The van der Waals surface area contributed by atoms with Crippen LogP contribution in [0.5, 0.6) is 0 Å². The zero-order valence-electron chi connectivity index (χ0n) is 4.38. The quantitative estimate of drug-likeness (QED) is 0.268. The van der Waals surface area contributed by atoms with Gasteiger partial charge in [0.15, 0.2) is 0 Å². The molecule has 5 heteroatoms. The van der Waals surface area contributed by atoms with Gasteiger partial charge in [-0.25, -0.2) is 0 Å². The van der Waals surface area contributed by atoms with Crippen molar-refractivity contribution >= 4 is 70.7 Å². The van der Waals surface area contributed by atoms with Crippen LogP contribution in [0.4, 0.5) is 0 Å². The molecule has 1 unspecified atom stereocenters. The van der Waals surface area contributed by atoms with E-state index in [0.29, 0.717) is 0 Å². The minimum absolute atomic E-state index is 0. The molecule has 2 nitrogen and oxygen atoms in total. The van der Waals surface area contributed by atoms with Gasteiger partial charge in [-0.3, -0.25) is 4.21 Å². The predicted molar refractivity (Wildman–Crippen MR) is 25.9 cm³/mol. The second-order valence-electron chi connectivity index (χ2n) is 0.217. The Morgan fingerprint density at radius 2 is 2.00 bits per heavy atom. The van der Waals surface area contributed by atoms with Crippen molar-refractivity contribution in [2.45, 2.75) is 0 Å². The van der Waals surface area contributed by atoms with Crippen molar-refractivity contribution in [1.29, 1.82) is 0 Å². The van der Waals surface area contributed by atoms with Crippen LogP contribution in [-0.2, 0) is 10.1 Å². The second kappa shape index (κ2) is 6.03. The van der Waals surface area contributed by atoms with E-state index in [4.69, 9.17) is 8.76 Å². The first-order valence-corrected chi connectivity index (χ1v) is 2.64. The van der Waals surface area contributed by atoms with E-state index >= 15 is 0 Å². The van der Waals surface area contributed by atoms with E-state index in [1.165, 1.54) is 0 Å². The summed E-state index contributed by atoms with van der Waals surface area (Å²) < 4.78 is 17.7. The molecular weight excluding hydrogens is 233 g/mol. The summed E-state index contributed by atoms with van der Waals surface area (Å²) in [7, 11) is -2.17. The van der Waals surface area contributed by atoms with Crippen molar-refractivity contribution in [3.8, 4) is 0 Å². The number of rotatable bonds is 0. The molecule has 0 saturated heterocycles. The first-order chi connectivity index (χ1) is 1.73. The second-order valence-corrected chi connectivity index (χ2v) is 1.55. The normalized spacial score (nSPS) is 12.4. The minimum atomic E-state index is -2.17. The van der Waals surface area contributed by atoms with Gasteiger partial charge in [0.05, 0.1) is 0 Å². The van der Waals surface area contributed by atoms with E-state index < -0.39 is 10.1 Å². The molecule has 5 heavy (non-hydrogen) atoms. The minimum Gasteiger partial charge on any atom is -1.00 e. The predicted octanol–water partition coefficient (Wildman–Crippen LogP) is -0.445. The Bertz CT molecular complexity index is 36.7. The third-order valence-electron chi connectivity index (χ3n) is 0. The molecule has 0 amide bonds. The van der Waals surface area contributed by atoms with Crippen molar-refractivity contribution in [2.75, 3.05) is 0 Å². The smallest absolute Gasteiger partial charge is 1.00 e. The van der Waals surface area contributed by atoms with Crippen LogP contribution in [0.3, 0.4) is 0 Å². The van der Waals surface area contributed by atoms with Crippen molar-refractivity contribution in [3.63, 3.8) is 0 Å². The molecule has 0 aromatic carbocycles. The van der Waals surface area contributed by atoms with Crippen LogP contribution >= 0.6 is 11.7 Å². The van der Waals surface area contributed by atoms with E-state index in [1.54, 1.807) is 0 Å². The first kappa shape index (κ1) is 10.1. The van der Waals surface area contributed by atoms with Gasteiger partial charge in [0, 0.05) is 10.1 Å². The molecule has 0 aromatic heterocycles. The largest absolute Gasteiger partial charge is 2.00 e. The van der Waals surface area contributed by atoms with Crippen LogP contribution in [-0.4, -0.2) is 57.6 Å². The van der Waals surface area contributed by atoms with Gasteiger partial charge in [0.2, 0.25) is 0 Å². The summed E-state index contributed by atoms with van der Waals surface area (Å²) in [5, 5.41) is 0. The molecule has 0 aliphatic heterocycles. The molecular formula is H3BaO2S2-. The van der Waals surface area contributed by atoms with Crippen molar-refractivity contribution < 1.29 is 11.6 Å². The van der Waals surface area contributed by atoms with Gasteiger partial charge in [0.25, 0.3) is 0 Å². The Hall–Kier alpha value is 2.03. The molecule has 0 N–H and O–H groups in total. The number of hydrogen-bond donors (Lipinski definition) is 1. The van der Waals surface area contributed by atoms with E-state index in [2.05, 4.69) is 11.7 Å². The molecule has 30 valence electrons. The summed E-state index contributed by atoms with van der Waals surface area (Å²) in [5.41, 5.74) is 0. The fourth-order valence-corrected chi connectivity index (χ4v) is 0. The average molecular weight is 236 g/mol. The van der Waals surface area contributed by atoms with E-state index in [1.807, 2.05) is 0 Å². The Labute approximate surface area is 80.9 Å². The van der Waals surface area contributed by atoms with E-state index in [0.717, 1.165) is 0 Å². The molecule has 0 bridgehead atoms.